The molecule has 0 aromatic heterocycles. The highest BCUT2D eigenvalue weighted by Crippen LogP contribution is 2.21. The minimum Gasteiger partial charge on any atom is -0.382 e. The molecule has 0 bridgehead atoms. The van der Waals surface area contributed by atoms with Crippen molar-refractivity contribution >= 4 is 11.6 Å². The normalized spacial score (nSPS) is 11.5. The maximum absolute atomic E-state index is 12.3. The topological polar surface area (TPSA) is 32.3 Å². The summed E-state index contributed by atoms with van der Waals surface area (Å²) in [6.45, 7) is 2.52. The molecule has 6 heteroatoms. The van der Waals surface area contributed by atoms with E-state index in [1.54, 1.807) is 18.2 Å². The monoisotopic (exact) mass is 274 g/mol. The first kappa shape index (κ1) is 15.3. The lowest BCUT2D eigenvalue weighted by atomic mass is 10.1. The van der Waals surface area contributed by atoms with Gasteiger partial charge >= 0.3 is 6.18 Å². The van der Waals surface area contributed by atoms with Gasteiger partial charge in [0, 0.05) is 18.8 Å². The van der Waals surface area contributed by atoms with Crippen LogP contribution in [-0.2, 0) is 0 Å². The van der Waals surface area contributed by atoms with Gasteiger partial charge in [-0.15, -0.1) is 0 Å². The number of nitrogens with zero attached hydrogens (tertiary/aromatic N) is 1. The first-order chi connectivity index (χ1) is 8.70. The molecule has 3 nitrogen and oxygen atoms in total. The van der Waals surface area contributed by atoms with Crippen LogP contribution >= 0.6 is 0 Å². The fourth-order valence-electron chi connectivity index (χ4n) is 1.65. The van der Waals surface area contributed by atoms with Crippen molar-refractivity contribution in [2.24, 2.45) is 0 Å². The number of rotatable bonds is 4. The zero-order valence-corrected chi connectivity index (χ0v) is 11.1. The van der Waals surface area contributed by atoms with Crippen molar-refractivity contribution in [3.8, 4) is 0 Å². The van der Waals surface area contributed by atoms with Gasteiger partial charge in [0.2, 0.25) is 0 Å². The maximum atomic E-state index is 12.3. The molecule has 0 aliphatic rings. The van der Waals surface area contributed by atoms with Crippen LogP contribution < -0.4 is 5.32 Å². The van der Waals surface area contributed by atoms with E-state index in [0.717, 1.165) is 7.05 Å². The smallest absolute Gasteiger partial charge is 0.382 e. The van der Waals surface area contributed by atoms with E-state index in [1.165, 1.54) is 6.07 Å². The Balaban J connectivity index is 2.93. The Morgan fingerprint density at radius 3 is 2.42 bits per heavy atom. The third-order valence-electron chi connectivity index (χ3n) is 2.36. The average molecular weight is 274 g/mol. The van der Waals surface area contributed by atoms with Crippen LogP contribution in [0.4, 0.5) is 18.9 Å². The summed E-state index contributed by atoms with van der Waals surface area (Å²) in [5, 5.41) is 3.04. The van der Waals surface area contributed by atoms with Gasteiger partial charge in [0.05, 0.1) is 5.56 Å². The Morgan fingerprint density at radius 2 is 1.89 bits per heavy atom. The molecule has 1 aromatic carbocycles. The summed E-state index contributed by atoms with van der Waals surface area (Å²) in [5.41, 5.74) is 0.777. The predicted molar refractivity (Wildman–Crippen MR) is 68.2 cm³/mol. The molecule has 0 atom stereocenters. The predicted octanol–water partition coefficient (Wildman–Crippen LogP) is 3.14. The van der Waals surface area contributed by atoms with E-state index in [9.17, 15) is 18.0 Å². The van der Waals surface area contributed by atoms with Gasteiger partial charge in [-0.3, -0.25) is 4.79 Å². The Labute approximate surface area is 110 Å². The van der Waals surface area contributed by atoms with Gasteiger partial charge in [-0.25, -0.2) is 0 Å². The van der Waals surface area contributed by atoms with Gasteiger partial charge < -0.3 is 10.2 Å². The molecule has 19 heavy (non-hydrogen) atoms. The number of hydrogen-bond donors (Lipinski definition) is 1. The molecule has 0 spiro atoms. The number of halogens is 3. The summed E-state index contributed by atoms with van der Waals surface area (Å²) in [4.78, 5) is 12.7. The lowest BCUT2D eigenvalue weighted by molar-refractivity contribution is -0.138. The lowest BCUT2D eigenvalue weighted by Gasteiger charge is -2.21. The Hall–Kier alpha value is -1.72. The van der Waals surface area contributed by atoms with Crippen molar-refractivity contribution < 1.29 is 18.0 Å². The zero-order chi connectivity index (χ0) is 14.6. The van der Waals surface area contributed by atoms with Crippen LogP contribution in [0.25, 0.3) is 0 Å². The number of nitrogens with one attached hydrogen (secondary N) is 1. The number of anilines is 1. The first-order valence-corrected chi connectivity index (χ1v) is 5.88. The summed E-state index contributed by atoms with van der Waals surface area (Å²) in [7, 11) is 1.14. The molecule has 0 saturated carbocycles. The van der Waals surface area contributed by atoms with Crippen molar-refractivity contribution in [1.29, 1.82) is 0 Å². The van der Waals surface area contributed by atoms with Gasteiger partial charge in [0.15, 0.2) is 0 Å². The van der Waals surface area contributed by atoms with Gasteiger partial charge in [-0.05, 0) is 26.0 Å². The number of carbonyl (C=O) groups excluding carboxylic acids is 1. The SMILES string of the molecule is CC(C)Nc1ccccc1C(=O)N(C)CC(F)(F)F. The number of para-hydroxylation sites is 1. The van der Waals surface area contributed by atoms with Gasteiger partial charge in [0.1, 0.15) is 6.54 Å². The fraction of sp³-hybridized carbons (Fsp3) is 0.462. The molecule has 0 heterocycles. The van der Waals surface area contributed by atoms with Crippen LogP contribution in [0.2, 0.25) is 0 Å². The highest BCUT2D eigenvalue weighted by molar-refractivity contribution is 5.99. The van der Waals surface area contributed by atoms with E-state index in [-0.39, 0.29) is 11.6 Å². The van der Waals surface area contributed by atoms with E-state index in [4.69, 9.17) is 0 Å². The van der Waals surface area contributed by atoms with Crippen LogP contribution in [0.15, 0.2) is 24.3 Å². The van der Waals surface area contributed by atoms with Crippen LogP contribution in [0.3, 0.4) is 0 Å². The third kappa shape index (κ3) is 4.81. The van der Waals surface area contributed by atoms with Gasteiger partial charge in [-0.2, -0.15) is 13.2 Å². The summed E-state index contributed by atoms with van der Waals surface area (Å²) < 4.78 is 36.8. The van der Waals surface area contributed by atoms with E-state index >= 15 is 0 Å². The largest absolute Gasteiger partial charge is 0.406 e. The second-order valence-electron chi connectivity index (χ2n) is 4.62. The number of carbonyl (C=O) groups is 1. The quantitative estimate of drug-likeness (QED) is 0.914. The molecule has 0 aliphatic heterocycles. The second kappa shape index (κ2) is 5.95. The molecular weight excluding hydrogens is 257 g/mol. The highest BCUT2D eigenvalue weighted by atomic mass is 19.4. The van der Waals surface area contributed by atoms with Crippen molar-refractivity contribution in [1.82, 2.24) is 4.90 Å². The summed E-state index contributed by atoms with van der Waals surface area (Å²) in [5.74, 6) is -0.652. The first-order valence-electron chi connectivity index (χ1n) is 5.88. The number of benzene rings is 1. The van der Waals surface area contributed by atoms with Crippen molar-refractivity contribution in [3.63, 3.8) is 0 Å². The van der Waals surface area contributed by atoms with E-state index in [0.29, 0.717) is 10.6 Å². The molecule has 106 valence electrons. The lowest BCUT2D eigenvalue weighted by Crippen LogP contribution is -2.36. The molecular formula is C13H17F3N2O. The molecule has 0 saturated heterocycles. The molecule has 1 aromatic rings. The van der Waals surface area contributed by atoms with Gasteiger partial charge in [0.25, 0.3) is 5.91 Å². The van der Waals surface area contributed by atoms with E-state index in [2.05, 4.69) is 5.32 Å². The molecule has 0 unspecified atom stereocenters. The standard InChI is InChI=1S/C13H17F3N2O/c1-9(2)17-11-7-5-4-6-10(11)12(19)18(3)8-13(14,15)16/h4-7,9,17H,8H2,1-3H3. The van der Waals surface area contributed by atoms with Gasteiger partial charge in [-0.1, -0.05) is 12.1 Å². The fourth-order valence-corrected chi connectivity index (χ4v) is 1.65. The van der Waals surface area contributed by atoms with Crippen LogP contribution in [0.5, 0.6) is 0 Å². The van der Waals surface area contributed by atoms with Crippen molar-refractivity contribution in [2.75, 3.05) is 18.9 Å². The molecule has 0 fully saturated rings. The number of hydrogen-bond acceptors (Lipinski definition) is 2. The average Bonchev–Trinajstić information content (AvgIpc) is 2.25. The second-order valence-corrected chi connectivity index (χ2v) is 4.62. The Morgan fingerprint density at radius 1 is 1.32 bits per heavy atom. The Bertz CT molecular complexity index is 444. The summed E-state index contributed by atoms with van der Waals surface area (Å²) >= 11 is 0. The molecule has 0 radical (unpaired) electrons. The molecule has 1 N–H and O–H groups in total. The number of alkyl halides is 3. The maximum Gasteiger partial charge on any atom is 0.406 e. The zero-order valence-electron chi connectivity index (χ0n) is 11.1. The highest BCUT2D eigenvalue weighted by Gasteiger charge is 2.32. The molecule has 1 amide bonds. The third-order valence-corrected chi connectivity index (χ3v) is 2.36. The van der Waals surface area contributed by atoms with E-state index in [1.807, 2.05) is 13.8 Å². The van der Waals surface area contributed by atoms with Crippen LogP contribution in [-0.4, -0.2) is 36.6 Å². The summed E-state index contributed by atoms with van der Waals surface area (Å²) in [6.07, 6.45) is -4.40. The number of amides is 1. The van der Waals surface area contributed by atoms with E-state index < -0.39 is 18.6 Å². The minimum absolute atomic E-state index is 0.0851. The molecule has 1 rings (SSSR count). The summed E-state index contributed by atoms with van der Waals surface area (Å²) in [6, 6.07) is 6.63. The molecule has 0 aliphatic carbocycles. The van der Waals surface area contributed by atoms with Crippen molar-refractivity contribution in [2.45, 2.75) is 26.1 Å². The van der Waals surface area contributed by atoms with Crippen LogP contribution in [0, 0.1) is 0 Å². The van der Waals surface area contributed by atoms with Crippen LogP contribution in [0.1, 0.15) is 24.2 Å². The Kier molecular flexibility index (Phi) is 4.80. The van der Waals surface area contributed by atoms with Crippen molar-refractivity contribution in [3.05, 3.63) is 29.8 Å². The minimum atomic E-state index is -4.40.